The number of aromatic nitrogens is 1. The topological polar surface area (TPSA) is 58.5 Å². The Kier molecular flexibility index (Phi) is 6.24. The lowest BCUT2D eigenvalue weighted by Gasteiger charge is -2.35. The summed E-state index contributed by atoms with van der Waals surface area (Å²) in [6, 6.07) is 13.4. The minimum absolute atomic E-state index is 0.0599. The number of nitrogens with zero attached hydrogens (tertiary/aromatic N) is 1. The molecule has 3 heterocycles. The van der Waals surface area contributed by atoms with Crippen LogP contribution in [0.15, 0.2) is 59.0 Å². The van der Waals surface area contributed by atoms with Crippen LogP contribution in [0.1, 0.15) is 42.0 Å². The van der Waals surface area contributed by atoms with E-state index in [4.69, 9.17) is 20.8 Å². The fourth-order valence-electron chi connectivity index (χ4n) is 4.87. The van der Waals surface area contributed by atoms with Crippen molar-refractivity contribution < 1.29 is 27.1 Å². The molecule has 2 aromatic carbocycles. The van der Waals surface area contributed by atoms with E-state index < -0.39 is 23.2 Å². The Bertz CT molecular complexity index is 1430. The normalized spacial score (nSPS) is 16.7. The number of rotatable bonds is 5. The molecule has 0 saturated heterocycles. The number of nitrogens with one attached hydrogen (secondary N) is 1. The van der Waals surface area contributed by atoms with Crippen LogP contribution in [-0.4, -0.2) is 34.8 Å². The lowest BCUT2D eigenvalue weighted by molar-refractivity contribution is -0.137. The van der Waals surface area contributed by atoms with Gasteiger partial charge in [0.25, 0.3) is 0 Å². The summed E-state index contributed by atoms with van der Waals surface area (Å²) in [4.78, 5) is 18.3. The zero-order chi connectivity index (χ0) is 25.6. The maximum absolute atomic E-state index is 13.6. The molecular weight excluding hydrogens is 493 g/mol. The Hall–Kier alpha value is -3.39. The number of H-pyrrole nitrogens is 1. The number of carbonyl (C=O) groups excluding carboxylic acids is 1. The van der Waals surface area contributed by atoms with E-state index in [2.05, 4.69) is 4.98 Å². The van der Waals surface area contributed by atoms with Gasteiger partial charge < -0.3 is 19.0 Å². The third kappa shape index (κ3) is 4.13. The highest BCUT2D eigenvalue weighted by molar-refractivity contribution is 6.30. The first-order valence-corrected chi connectivity index (χ1v) is 12.1. The summed E-state index contributed by atoms with van der Waals surface area (Å²) >= 11 is 6.35. The van der Waals surface area contributed by atoms with Crippen molar-refractivity contribution in [3.8, 4) is 17.1 Å². The largest absolute Gasteiger partial charge is 0.497 e. The summed E-state index contributed by atoms with van der Waals surface area (Å²) in [6.45, 7) is 2.22. The van der Waals surface area contributed by atoms with E-state index >= 15 is 0 Å². The van der Waals surface area contributed by atoms with Crippen molar-refractivity contribution in [2.45, 2.75) is 37.4 Å². The number of methoxy groups -OCH3 is 1. The Labute approximate surface area is 210 Å². The zero-order valence-corrected chi connectivity index (χ0v) is 20.4. The van der Waals surface area contributed by atoms with Gasteiger partial charge in [-0.15, -0.1) is 11.6 Å². The Balaban J connectivity index is 1.65. The molecule has 0 fully saturated rings. The molecular formula is C27H24ClF3N2O3. The van der Waals surface area contributed by atoms with Crippen LogP contribution in [0.4, 0.5) is 13.2 Å². The Morgan fingerprint density at radius 1 is 1.22 bits per heavy atom. The second-order valence-electron chi connectivity index (χ2n) is 8.73. The average molecular weight is 517 g/mol. The number of halogens is 4. The average Bonchev–Trinajstić information content (AvgIpc) is 3.51. The van der Waals surface area contributed by atoms with E-state index in [-0.39, 0.29) is 17.2 Å². The summed E-state index contributed by atoms with van der Waals surface area (Å²) < 4.78 is 52.4. The van der Waals surface area contributed by atoms with Gasteiger partial charge in [0.05, 0.1) is 18.4 Å². The molecule has 0 spiro atoms. The van der Waals surface area contributed by atoms with Gasteiger partial charge in [0.15, 0.2) is 0 Å². The van der Waals surface area contributed by atoms with Crippen LogP contribution in [-0.2, 0) is 17.4 Å². The SMILES string of the molecule is CCC(Cl)C(=O)N1CCc2c([nH]c3ccc(OC)cc23)C1c1ccc(-c2ccccc2C(F)(F)F)o1. The van der Waals surface area contributed by atoms with Gasteiger partial charge in [-0.2, -0.15) is 13.2 Å². The summed E-state index contributed by atoms with van der Waals surface area (Å²) in [7, 11) is 1.60. The van der Waals surface area contributed by atoms with Gasteiger partial charge in [0.2, 0.25) is 5.91 Å². The summed E-state index contributed by atoms with van der Waals surface area (Å²) in [5.74, 6) is 0.887. The van der Waals surface area contributed by atoms with Crippen molar-refractivity contribution in [3.63, 3.8) is 0 Å². The smallest absolute Gasteiger partial charge is 0.417 e. The summed E-state index contributed by atoms with van der Waals surface area (Å²) in [5.41, 5.74) is 1.78. The third-order valence-corrected chi connectivity index (χ3v) is 7.13. The third-order valence-electron chi connectivity index (χ3n) is 6.64. The number of hydrogen-bond donors (Lipinski definition) is 1. The van der Waals surface area contributed by atoms with Gasteiger partial charge >= 0.3 is 6.18 Å². The molecule has 1 N–H and O–H groups in total. The fraction of sp³-hybridized carbons (Fsp3) is 0.296. The van der Waals surface area contributed by atoms with Gasteiger partial charge in [-0.25, -0.2) is 0 Å². The van der Waals surface area contributed by atoms with Crippen LogP contribution in [0.2, 0.25) is 0 Å². The minimum atomic E-state index is -4.53. The van der Waals surface area contributed by atoms with Gasteiger partial charge in [-0.05, 0) is 54.8 Å². The zero-order valence-electron chi connectivity index (χ0n) is 19.7. The minimum Gasteiger partial charge on any atom is -0.497 e. The van der Waals surface area contributed by atoms with Gasteiger partial charge in [0, 0.05) is 23.0 Å². The number of benzene rings is 2. The molecule has 2 atom stereocenters. The lowest BCUT2D eigenvalue weighted by Crippen LogP contribution is -2.43. The highest BCUT2D eigenvalue weighted by atomic mass is 35.5. The molecule has 5 nitrogen and oxygen atoms in total. The monoisotopic (exact) mass is 516 g/mol. The molecule has 4 aromatic rings. The van der Waals surface area contributed by atoms with E-state index in [1.807, 2.05) is 25.1 Å². The summed E-state index contributed by atoms with van der Waals surface area (Å²) in [6.07, 6.45) is -3.50. The van der Waals surface area contributed by atoms with Gasteiger partial charge in [-0.1, -0.05) is 25.1 Å². The number of ether oxygens (including phenoxy) is 1. The van der Waals surface area contributed by atoms with Crippen LogP contribution in [0.25, 0.3) is 22.2 Å². The molecule has 9 heteroatoms. The molecule has 2 unspecified atom stereocenters. The van der Waals surface area contributed by atoms with Crippen molar-refractivity contribution in [1.29, 1.82) is 0 Å². The molecule has 5 rings (SSSR count). The van der Waals surface area contributed by atoms with Gasteiger partial charge in [-0.3, -0.25) is 4.79 Å². The van der Waals surface area contributed by atoms with Crippen molar-refractivity contribution in [1.82, 2.24) is 9.88 Å². The standard InChI is InChI=1S/C27H24ClF3N2O3/c1-3-20(28)26(34)33-13-12-16-18-14-15(35-2)8-9-21(18)32-24(16)25(33)23-11-10-22(36-23)17-6-4-5-7-19(17)27(29,30)31/h4-11,14,20,25,32H,3,12-13H2,1-2H3. The number of fused-ring (bicyclic) bond motifs is 3. The van der Waals surface area contributed by atoms with E-state index in [1.165, 1.54) is 24.3 Å². The highest BCUT2D eigenvalue weighted by Crippen LogP contribution is 2.43. The number of furan rings is 1. The highest BCUT2D eigenvalue weighted by Gasteiger charge is 2.39. The molecule has 188 valence electrons. The van der Waals surface area contributed by atoms with Crippen molar-refractivity contribution in [2.24, 2.45) is 0 Å². The number of alkyl halides is 4. The number of amides is 1. The van der Waals surface area contributed by atoms with Crippen molar-refractivity contribution in [3.05, 3.63) is 77.2 Å². The van der Waals surface area contributed by atoms with Gasteiger partial charge in [0.1, 0.15) is 28.7 Å². The fourth-order valence-corrected chi connectivity index (χ4v) is 5.00. The van der Waals surface area contributed by atoms with E-state index in [0.29, 0.717) is 30.9 Å². The Morgan fingerprint density at radius 3 is 2.72 bits per heavy atom. The number of hydrogen-bond acceptors (Lipinski definition) is 3. The molecule has 1 aliphatic rings. The van der Waals surface area contributed by atoms with Crippen LogP contribution in [0.3, 0.4) is 0 Å². The molecule has 0 aliphatic carbocycles. The van der Waals surface area contributed by atoms with E-state index in [0.717, 1.165) is 28.2 Å². The maximum Gasteiger partial charge on any atom is 0.417 e. The lowest BCUT2D eigenvalue weighted by atomic mass is 9.95. The molecule has 1 amide bonds. The second kappa shape index (κ2) is 9.24. The van der Waals surface area contributed by atoms with E-state index in [1.54, 1.807) is 18.1 Å². The van der Waals surface area contributed by atoms with E-state index in [9.17, 15) is 18.0 Å². The molecule has 0 bridgehead atoms. The molecule has 36 heavy (non-hydrogen) atoms. The molecule has 2 aromatic heterocycles. The maximum atomic E-state index is 13.6. The predicted molar refractivity (Wildman–Crippen MR) is 131 cm³/mol. The summed E-state index contributed by atoms with van der Waals surface area (Å²) in [5, 5.41) is 0.243. The first kappa shape index (κ1) is 24.3. The Morgan fingerprint density at radius 2 is 2.00 bits per heavy atom. The van der Waals surface area contributed by atoms with Crippen LogP contribution in [0, 0.1) is 0 Å². The van der Waals surface area contributed by atoms with Crippen molar-refractivity contribution >= 4 is 28.4 Å². The van der Waals surface area contributed by atoms with Crippen LogP contribution < -0.4 is 4.74 Å². The number of aromatic amines is 1. The first-order chi connectivity index (χ1) is 17.2. The predicted octanol–water partition coefficient (Wildman–Crippen LogP) is 6.95. The quantitative estimate of drug-likeness (QED) is 0.292. The van der Waals surface area contributed by atoms with Crippen LogP contribution >= 0.6 is 11.6 Å². The second-order valence-corrected chi connectivity index (χ2v) is 9.26. The molecule has 0 radical (unpaired) electrons. The van der Waals surface area contributed by atoms with Crippen LogP contribution in [0.5, 0.6) is 5.75 Å². The molecule has 0 saturated carbocycles. The molecule has 1 aliphatic heterocycles. The number of carbonyl (C=O) groups is 1. The first-order valence-electron chi connectivity index (χ1n) is 11.6. The van der Waals surface area contributed by atoms with Crippen molar-refractivity contribution in [2.75, 3.05) is 13.7 Å².